The van der Waals surface area contributed by atoms with Crippen LogP contribution in [0.25, 0.3) is 0 Å². The van der Waals surface area contributed by atoms with E-state index in [0.29, 0.717) is 53.5 Å². The van der Waals surface area contributed by atoms with Gasteiger partial charge in [0.1, 0.15) is 17.3 Å². The molecular formula is C21H21ClN6O4S. The molecule has 10 nitrogen and oxygen atoms in total. The molecule has 1 saturated heterocycles. The summed E-state index contributed by atoms with van der Waals surface area (Å²) >= 11 is 6.27. The molecule has 3 heterocycles. The van der Waals surface area contributed by atoms with Crippen LogP contribution in [0.4, 0.5) is 28.8 Å². The molecule has 0 amide bonds. The van der Waals surface area contributed by atoms with Gasteiger partial charge < -0.3 is 16.0 Å². The lowest BCUT2D eigenvalue weighted by Crippen LogP contribution is -2.38. The summed E-state index contributed by atoms with van der Waals surface area (Å²) in [6.45, 7) is 1.20. The second-order valence-corrected chi connectivity index (χ2v) is 10.4. The van der Waals surface area contributed by atoms with Gasteiger partial charge in [0.2, 0.25) is 5.95 Å². The van der Waals surface area contributed by atoms with Gasteiger partial charge in [-0.25, -0.2) is 18.2 Å². The average molecular weight is 489 g/mol. The first-order chi connectivity index (χ1) is 15.9. The minimum absolute atomic E-state index is 0.139. The van der Waals surface area contributed by atoms with Gasteiger partial charge in [0.05, 0.1) is 17.2 Å². The quantitative estimate of drug-likeness (QED) is 0.424. The standard InChI is InChI=1S/C21H21ClN6O4S/c22-17-10-24-21(27-20(17)25-16-6-3-14-12-32-28(29)18(14)9-16)26-15-4-1-13(2-5-15)19-11-23-7-8-33(19,30)31/h1-6,9-10,19,23,29H,7-8,11-12H2,(H2,24,25,26,27). The lowest BCUT2D eigenvalue weighted by atomic mass is 10.1. The van der Waals surface area contributed by atoms with E-state index in [1.807, 2.05) is 12.1 Å². The Labute approximate surface area is 195 Å². The third kappa shape index (κ3) is 4.59. The van der Waals surface area contributed by atoms with E-state index < -0.39 is 15.1 Å². The van der Waals surface area contributed by atoms with Crippen molar-refractivity contribution in [2.24, 2.45) is 0 Å². The monoisotopic (exact) mass is 488 g/mol. The average Bonchev–Trinajstić information content (AvgIpc) is 3.17. The molecule has 0 bridgehead atoms. The molecule has 0 saturated carbocycles. The smallest absolute Gasteiger partial charge is 0.229 e. The molecule has 172 valence electrons. The highest BCUT2D eigenvalue weighted by Gasteiger charge is 2.30. The fraction of sp³-hybridized carbons (Fsp3) is 0.238. The molecule has 1 unspecified atom stereocenters. The second-order valence-electron chi connectivity index (χ2n) is 7.71. The van der Waals surface area contributed by atoms with E-state index in [1.54, 1.807) is 30.3 Å². The number of aromatic nitrogens is 2. The van der Waals surface area contributed by atoms with E-state index in [1.165, 1.54) is 6.20 Å². The number of fused-ring (bicyclic) bond motifs is 1. The normalized spacial score (nSPS) is 19.2. The summed E-state index contributed by atoms with van der Waals surface area (Å²) in [4.78, 5) is 13.7. The first kappa shape index (κ1) is 21.9. The number of nitrogens with one attached hydrogen (secondary N) is 3. The van der Waals surface area contributed by atoms with E-state index in [0.717, 1.165) is 16.4 Å². The Morgan fingerprint density at radius 3 is 2.73 bits per heavy atom. The maximum atomic E-state index is 12.3. The minimum Gasteiger partial charge on any atom is -0.339 e. The van der Waals surface area contributed by atoms with E-state index in [9.17, 15) is 13.6 Å². The molecule has 1 aromatic heterocycles. The third-order valence-electron chi connectivity index (χ3n) is 5.51. The largest absolute Gasteiger partial charge is 0.339 e. The zero-order chi connectivity index (χ0) is 23.0. The number of anilines is 5. The maximum absolute atomic E-state index is 12.3. The molecule has 3 aromatic rings. The van der Waals surface area contributed by atoms with Crippen molar-refractivity contribution >= 4 is 50.3 Å². The summed E-state index contributed by atoms with van der Waals surface area (Å²) in [5.74, 6) is 0.836. The molecule has 2 aromatic carbocycles. The number of sulfone groups is 1. The van der Waals surface area contributed by atoms with E-state index >= 15 is 0 Å². The Kier molecular flexibility index (Phi) is 5.81. The van der Waals surface area contributed by atoms with Crippen LogP contribution in [-0.2, 0) is 21.3 Å². The Balaban J connectivity index is 1.32. The zero-order valence-electron chi connectivity index (χ0n) is 17.3. The van der Waals surface area contributed by atoms with Crippen LogP contribution in [0, 0.1) is 0 Å². The Bertz CT molecular complexity index is 1290. The van der Waals surface area contributed by atoms with Crippen LogP contribution in [0.3, 0.4) is 0 Å². The number of hydrogen-bond acceptors (Lipinski definition) is 10. The summed E-state index contributed by atoms with van der Waals surface area (Å²) in [7, 11) is -3.15. The van der Waals surface area contributed by atoms with Crippen molar-refractivity contribution in [3.05, 3.63) is 64.8 Å². The summed E-state index contributed by atoms with van der Waals surface area (Å²) in [6.07, 6.45) is 1.47. The number of nitrogens with zero attached hydrogens (tertiary/aromatic N) is 3. The Hall–Kier alpha value is -2.96. The molecule has 12 heteroatoms. The molecule has 0 radical (unpaired) electrons. The highest BCUT2D eigenvalue weighted by Crippen LogP contribution is 2.33. The number of benzene rings is 2. The van der Waals surface area contributed by atoms with Gasteiger partial charge in [-0.3, -0.25) is 5.21 Å². The Morgan fingerprint density at radius 2 is 1.94 bits per heavy atom. The van der Waals surface area contributed by atoms with Gasteiger partial charge in [0.15, 0.2) is 15.7 Å². The molecule has 2 aliphatic heterocycles. The predicted octanol–water partition coefficient (Wildman–Crippen LogP) is 3.32. The Morgan fingerprint density at radius 1 is 1.15 bits per heavy atom. The third-order valence-corrected chi connectivity index (χ3v) is 7.86. The minimum atomic E-state index is -3.15. The molecule has 5 rings (SSSR count). The number of hydrogen-bond donors (Lipinski definition) is 4. The topological polar surface area (TPSA) is 129 Å². The highest BCUT2D eigenvalue weighted by atomic mass is 35.5. The van der Waals surface area contributed by atoms with Crippen LogP contribution in [0.5, 0.6) is 0 Å². The van der Waals surface area contributed by atoms with Crippen molar-refractivity contribution in [2.75, 3.05) is 34.7 Å². The number of halogens is 1. The molecule has 4 N–H and O–H groups in total. The first-order valence-electron chi connectivity index (χ1n) is 10.2. The summed E-state index contributed by atoms with van der Waals surface area (Å²) in [6, 6.07) is 12.6. The van der Waals surface area contributed by atoms with Gasteiger partial charge in [0, 0.05) is 30.0 Å². The van der Waals surface area contributed by atoms with Crippen LogP contribution < -0.4 is 21.2 Å². The van der Waals surface area contributed by atoms with Crippen molar-refractivity contribution in [2.45, 2.75) is 11.9 Å². The lowest BCUT2D eigenvalue weighted by molar-refractivity contribution is -0.0329. The van der Waals surface area contributed by atoms with Crippen molar-refractivity contribution < 1.29 is 18.5 Å². The van der Waals surface area contributed by atoms with Gasteiger partial charge in [-0.1, -0.05) is 29.8 Å². The molecule has 1 fully saturated rings. The summed E-state index contributed by atoms with van der Waals surface area (Å²) in [5, 5.41) is 19.6. The van der Waals surface area contributed by atoms with E-state index in [2.05, 4.69) is 25.9 Å². The van der Waals surface area contributed by atoms with Crippen LogP contribution in [0.15, 0.2) is 48.7 Å². The molecular weight excluding hydrogens is 468 g/mol. The van der Waals surface area contributed by atoms with Gasteiger partial charge in [-0.2, -0.15) is 4.98 Å². The molecule has 1 atom stereocenters. The predicted molar refractivity (Wildman–Crippen MR) is 125 cm³/mol. The summed E-state index contributed by atoms with van der Waals surface area (Å²) < 4.78 is 24.7. The van der Waals surface area contributed by atoms with Crippen LogP contribution in [0.2, 0.25) is 5.02 Å². The SMILES string of the molecule is O=S1(=O)CCNCC1c1ccc(Nc2ncc(Cl)c(Nc3ccc4c(c3)N(O)OC4)n2)cc1. The van der Waals surface area contributed by atoms with Crippen molar-refractivity contribution in [1.82, 2.24) is 15.3 Å². The maximum Gasteiger partial charge on any atom is 0.229 e. The van der Waals surface area contributed by atoms with Crippen molar-refractivity contribution in [3.63, 3.8) is 0 Å². The molecule has 0 spiro atoms. The molecule has 0 aliphatic carbocycles. The first-order valence-corrected chi connectivity index (χ1v) is 12.3. The van der Waals surface area contributed by atoms with Crippen molar-refractivity contribution in [1.29, 1.82) is 0 Å². The van der Waals surface area contributed by atoms with Gasteiger partial charge >= 0.3 is 0 Å². The van der Waals surface area contributed by atoms with Gasteiger partial charge in [-0.05, 0) is 29.8 Å². The highest BCUT2D eigenvalue weighted by molar-refractivity contribution is 7.91. The van der Waals surface area contributed by atoms with Crippen molar-refractivity contribution in [3.8, 4) is 0 Å². The number of rotatable bonds is 5. The molecule has 2 aliphatic rings. The molecule has 33 heavy (non-hydrogen) atoms. The second kappa shape index (κ2) is 8.76. The fourth-order valence-corrected chi connectivity index (χ4v) is 5.54. The van der Waals surface area contributed by atoms with Crippen LogP contribution >= 0.6 is 11.6 Å². The van der Waals surface area contributed by atoms with E-state index in [4.69, 9.17) is 16.4 Å². The van der Waals surface area contributed by atoms with Crippen LogP contribution in [-0.4, -0.2) is 42.4 Å². The lowest BCUT2D eigenvalue weighted by Gasteiger charge is -2.23. The van der Waals surface area contributed by atoms with E-state index in [-0.39, 0.29) is 5.75 Å². The fourth-order valence-electron chi connectivity index (χ4n) is 3.75. The summed E-state index contributed by atoms with van der Waals surface area (Å²) in [5.41, 5.74) is 3.51. The van der Waals surface area contributed by atoms with Gasteiger partial charge in [0.25, 0.3) is 0 Å². The zero-order valence-corrected chi connectivity index (χ0v) is 18.9. The van der Waals surface area contributed by atoms with Crippen LogP contribution in [0.1, 0.15) is 16.4 Å². The van der Waals surface area contributed by atoms with Gasteiger partial charge in [-0.15, -0.1) is 5.23 Å².